The van der Waals surface area contributed by atoms with Crippen LogP contribution in [0.25, 0.3) is 0 Å². The first-order chi connectivity index (χ1) is 7.99. The first-order valence-corrected chi connectivity index (χ1v) is 6.19. The summed E-state index contributed by atoms with van der Waals surface area (Å²) in [5.74, 6) is 0.124. The van der Waals surface area contributed by atoms with Gasteiger partial charge in [0.15, 0.2) is 0 Å². The summed E-state index contributed by atoms with van der Waals surface area (Å²) in [6, 6.07) is -0.402. The van der Waals surface area contributed by atoms with Crippen LogP contribution in [0.5, 0.6) is 0 Å². The van der Waals surface area contributed by atoms with Crippen molar-refractivity contribution < 1.29 is 9.53 Å². The molecule has 0 saturated heterocycles. The number of likely N-dealkylation sites (N-methyl/N-ethyl adjacent to an activating group) is 1. The normalized spacial score (nSPS) is 12.4. The number of hydrogen-bond donors (Lipinski definition) is 2. The highest BCUT2D eigenvalue weighted by molar-refractivity contribution is 5.85. The predicted octanol–water partition coefficient (Wildman–Crippen LogP) is 0.476. The Morgan fingerprint density at radius 3 is 2.50 bits per heavy atom. The number of nitrogens with zero attached hydrogens (tertiary/aromatic N) is 1. The van der Waals surface area contributed by atoms with Gasteiger partial charge in [0, 0.05) is 20.2 Å². The zero-order valence-corrected chi connectivity index (χ0v) is 12.8. The third-order valence-electron chi connectivity index (χ3n) is 2.71. The molecule has 6 heteroatoms. The van der Waals surface area contributed by atoms with Gasteiger partial charge < -0.3 is 20.7 Å². The van der Waals surface area contributed by atoms with Crippen LogP contribution in [-0.4, -0.2) is 57.2 Å². The molecule has 0 heterocycles. The Bertz CT molecular complexity index is 215. The zero-order chi connectivity index (χ0) is 13.3. The van der Waals surface area contributed by atoms with Crippen LogP contribution in [0, 0.1) is 5.92 Å². The van der Waals surface area contributed by atoms with Crippen molar-refractivity contribution in [3.8, 4) is 0 Å². The molecule has 0 aromatic rings. The molecule has 0 aliphatic rings. The van der Waals surface area contributed by atoms with Gasteiger partial charge in [0.05, 0.1) is 12.6 Å². The Morgan fingerprint density at radius 2 is 2.00 bits per heavy atom. The molecular weight excluding hydrogens is 254 g/mol. The van der Waals surface area contributed by atoms with Crippen molar-refractivity contribution in [1.29, 1.82) is 0 Å². The maximum atomic E-state index is 11.5. The molecule has 1 amide bonds. The highest BCUT2D eigenvalue weighted by Gasteiger charge is 2.16. The summed E-state index contributed by atoms with van der Waals surface area (Å²) < 4.78 is 4.99. The van der Waals surface area contributed by atoms with Crippen LogP contribution in [0.3, 0.4) is 0 Å². The summed E-state index contributed by atoms with van der Waals surface area (Å²) in [5.41, 5.74) is 5.73. The van der Waals surface area contributed by atoms with E-state index in [-0.39, 0.29) is 24.2 Å². The fraction of sp³-hybridized carbons (Fsp3) is 0.917. The van der Waals surface area contributed by atoms with Gasteiger partial charge in [-0.05, 0) is 25.9 Å². The van der Waals surface area contributed by atoms with Crippen LogP contribution < -0.4 is 11.1 Å². The molecule has 0 aromatic carbocycles. The van der Waals surface area contributed by atoms with Gasteiger partial charge in [-0.15, -0.1) is 12.4 Å². The smallest absolute Gasteiger partial charge is 0.237 e. The van der Waals surface area contributed by atoms with E-state index in [4.69, 9.17) is 10.5 Å². The third kappa shape index (κ3) is 9.65. The monoisotopic (exact) mass is 281 g/mol. The quantitative estimate of drug-likeness (QED) is 0.603. The average molecular weight is 282 g/mol. The zero-order valence-electron chi connectivity index (χ0n) is 11.9. The molecule has 0 fully saturated rings. The van der Waals surface area contributed by atoms with Crippen molar-refractivity contribution in [2.75, 3.05) is 40.4 Å². The van der Waals surface area contributed by atoms with Gasteiger partial charge >= 0.3 is 0 Å². The van der Waals surface area contributed by atoms with Crippen LogP contribution >= 0.6 is 12.4 Å². The second kappa shape index (κ2) is 11.7. The molecule has 0 rings (SSSR count). The van der Waals surface area contributed by atoms with Crippen molar-refractivity contribution in [1.82, 2.24) is 10.2 Å². The molecule has 0 radical (unpaired) electrons. The van der Waals surface area contributed by atoms with Crippen LogP contribution in [-0.2, 0) is 9.53 Å². The molecule has 0 bridgehead atoms. The summed E-state index contributed by atoms with van der Waals surface area (Å²) in [6.07, 6.45) is 0.927. The first-order valence-electron chi connectivity index (χ1n) is 6.19. The van der Waals surface area contributed by atoms with Gasteiger partial charge in [-0.1, -0.05) is 13.8 Å². The van der Waals surface area contributed by atoms with Gasteiger partial charge in [-0.2, -0.15) is 0 Å². The van der Waals surface area contributed by atoms with Crippen molar-refractivity contribution >= 4 is 18.3 Å². The minimum atomic E-state index is -0.402. The van der Waals surface area contributed by atoms with Crippen molar-refractivity contribution in [2.24, 2.45) is 11.7 Å². The average Bonchev–Trinajstić information content (AvgIpc) is 2.30. The van der Waals surface area contributed by atoms with Gasteiger partial charge in [-0.25, -0.2) is 0 Å². The SMILES string of the molecule is COCCN(C)CCCNC(=O)[C@@H](N)C(C)C.Cl. The second-order valence-corrected chi connectivity index (χ2v) is 4.71. The fourth-order valence-corrected chi connectivity index (χ4v) is 1.34. The van der Waals surface area contributed by atoms with Gasteiger partial charge in [0.25, 0.3) is 0 Å². The Labute approximate surface area is 117 Å². The molecule has 0 aliphatic carbocycles. The summed E-state index contributed by atoms with van der Waals surface area (Å²) in [4.78, 5) is 13.7. The Hall–Kier alpha value is -0.360. The van der Waals surface area contributed by atoms with E-state index in [9.17, 15) is 4.79 Å². The lowest BCUT2D eigenvalue weighted by Crippen LogP contribution is -2.44. The molecule has 0 unspecified atom stereocenters. The van der Waals surface area contributed by atoms with Crippen LogP contribution in [0.2, 0.25) is 0 Å². The van der Waals surface area contributed by atoms with Crippen LogP contribution in [0.15, 0.2) is 0 Å². The van der Waals surface area contributed by atoms with E-state index in [1.165, 1.54) is 0 Å². The molecule has 18 heavy (non-hydrogen) atoms. The van der Waals surface area contributed by atoms with Crippen LogP contribution in [0.4, 0.5) is 0 Å². The molecule has 0 spiro atoms. The molecular formula is C12H28ClN3O2. The minimum absolute atomic E-state index is 0. The summed E-state index contributed by atoms with van der Waals surface area (Å²) >= 11 is 0. The summed E-state index contributed by atoms with van der Waals surface area (Å²) in [7, 11) is 3.74. The van der Waals surface area contributed by atoms with E-state index >= 15 is 0 Å². The number of halogens is 1. The number of hydrogen-bond acceptors (Lipinski definition) is 4. The lowest BCUT2D eigenvalue weighted by atomic mass is 10.1. The largest absolute Gasteiger partial charge is 0.383 e. The molecule has 110 valence electrons. The molecule has 3 N–H and O–H groups in total. The number of ether oxygens (including phenoxy) is 1. The highest BCUT2D eigenvalue weighted by atomic mass is 35.5. The number of rotatable bonds is 9. The number of methoxy groups -OCH3 is 1. The second-order valence-electron chi connectivity index (χ2n) is 4.71. The van der Waals surface area contributed by atoms with Crippen LogP contribution in [0.1, 0.15) is 20.3 Å². The minimum Gasteiger partial charge on any atom is -0.383 e. The van der Waals surface area contributed by atoms with Crippen molar-refractivity contribution in [3.63, 3.8) is 0 Å². The lowest BCUT2D eigenvalue weighted by molar-refractivity contribution is -0.123. The fourth-order valence-electron chi connectivity index (χ4n) is 1.34. The maximum Gasteiger partial charge on any atom is 0.237 e. The molecule has 1 atom stereocenters. The predicted molar refractivity (Wildman–Crippen MR) is 77.1 cm³/mol. The Balaban J connectivity index is 0. The number of amides is 1. The Kier molecular flexibility index (Phi) is 13.0. The topological polar surface area (TPSA) is 67.6 Å². The lowest BCUT2D eigenvalue weighted by Gasteiger charge is -2.17. The number of carbonyl (C=O) groups is 1. The molecule has 0 aromatic heterocycles. The van der Waals surface area contributed by atoms with E-state index in [2.05, 4.69) is 10.2 Å². The van der Waals surface area contributed by atoms with E-state index < -0.39 is 6.04 Å². The van der Waals surface area contributed by atoms with Gasteiger partial charge in [0.1, 0.15) is 0 Å². The third-order valence-corrected chi connectivity index (χ3v) is 2.71. The van der Waals surface area contributed by atoms with Crippen molar-refractivity contribution in [3.05, 3.63) is 0 Å². The maximum absolute atomic E-state index is 11.5. The summed E-state index contributed by atoms with van der Waals surface area (Å²) in [5, 5.41) is 2.85. The standard InChI is InChI=1S/C12H27N3O2.ClH/c1-10(2)11(13)12(16)14-6-5-7-15(3)8-9-17-4;/h10-11H,5-9,13H2,1-4H3,(H,14,16);1H/t11-;/m0./s1. The molecule has 0 saturated carbocycles. The van der Waals surface area contributed by atoms with E-state index in [1.807, 2.05) is 20.9 Å². The molecule has 5 nitrogen and oxygen atoms in total. The molecule has 0 aliphatic heterocycles. The first kappa shape index (κ1) is 20.0. The number of nitrogens with one attached hydrogen (secondary N) is 1. The van der Waals surface area contributed by atoms with E-state index in [1.54, 1.807) is 7.11 Å². The van der Waals surface area contributed by atoms with Crippen molar-refractivity contribution in [2.45, 2.75) is 26.3 Å². The Morgan fingerprint density at radius 1 is 1.39 bits per heavy atom. The van der Waals surface area contributed by atoms with E-state index in [0.717, 1.165) is 26.1 Å². The number of nitrogens with two attached hydrogens (primary N) is 1. The van der Waals surface area contributed by atoms with Gasteiger partial charge in [-0.3, -0.25) is 4.79 Å². The summed E-state index contributed by atoms with van der Waals surface area (Å²) in [6.45, 7) is 7.17. The number of carbonyl (C=O) groups excluding carboxylic acids is 1. The highest BCUT2D eigenvalue weighted by Crippen LogP contribution is 1.97. The van der Waals surface area contributed by atoms with E-state index in [0.29, 0.717) is 6.54 Å². The van der Waals surface area contributed by atoms with Gasteiger partial charge in [0.2, 0.25) is 5.91 Å².